The van der Waals surface area contributed by atoms with Crippen molar-refractivity contribution in [1.82, 2.24) is 15.5 Å². The highest BCUT2D eigenvalue weighted by atomic mass is 35.7. The van der Waals surface area contributed by atoms with Crippen LogP contribution >= 0.6 is 10.7 Å². The molecule has 1 aromatic heterocycles. The first-order valence-electron chi connectivity index (χ1n) is 6.29. The third kappa shape index (κ3) is 3.50. The summed E-state index contributed by atoms with van der Waals surface area (Å²) >= 11 is 0. The lowest BCUT2D eigenvalue weighted by Crippen LogP contribution is -2.36. The third-order valence-electron chi connectivity index (χ3n) is 3.11. The van der Waals surface area contributed by atoms with Crippen LogP contribution in [-0.4, -0.2) is 43.8 Å². The Morgan fingerprint density at radius 1 is 1.55 bits per heavy atom. The van der Waals surface area contributed by atoms with Crippen LogP contribution in [-0.2, 0) is 13.8 Å². The summed E-state index contributed by atoms with van der Waals surface area (Å²) in [5.74, 6) is -0.581. The Hall–Kier alpha value is -1.12. The van der Waals surface area contributed by atoms with Crippen molar-refractivity contribution >= 4 is 25.6 Å². The minimum Gasteiger partial charge on any atom is -0.376 e. The van der Waals surface area contributed by atoms with Crippen molar-refractivity contribution in [2.75, 3.05) is 13.2 Å². The minimum atomic E-state index is -4.02. The van der Waals surface area contributed by atoms with E-state index in [1.165, 1.54) is 6.92 Å². The third-order valence-corrected chi connectivity index (χ3v) is 4.56. The van der Waals surface area contributed by atoms with Gasteiger partial charge < -0.3 is 10.1 Å². The second-order valence-electron chi connectivity index (χ2n) is 4.66. The molecule has 1 unspecified atom stereocenters. The number of hydrogen-bond donors (Lipinski definition) is 2. The van der Waals surface area contributed by atoms with Crippen LogP contribution in [0.25, 0.3) is 0 Å². The van der Waals surface area contributed by atoms with Gasteiger partial charge in [0.2, 0.25) is 0 Å². The number of hydrogen-bond acceptors (Lipinski definition) is 5. The lowest BCUT2D eigenvalue weighted by molar-refractivity contribution is 0.0168. The van der Waals surface area contributed by atoms with Gasteiger partial charge in [-0.1, -0.05) is 0 Å². The maximum absolute atomic E-state index is 12.0. The fourth-order valence-corrected chi connectivity index (χ4v) is 3.48. The molecule has 2 rings (SSSR count). The first kappa shape index (κ1) is 15.3. The number of nitrogens with zero attached hydrogens (tertiary/aromatic N) is 1. The summed E-state index contributed by atoms with van der Waals surface area (Å²) in [5.41, 5.74) is 0.0207. The highest BCUT2D eigenvalue weighted by Gasteiger charge is 2.27. The fraction of sp³-hybridized carbons (Fsp3) is 0.636. The average molecular weight is 322 g/mol. The van der Waals surface area contributed by atoms with Crippen LogP contribution in [0.2, 0.25) is 0 Å². The molecule has 112 valence electrons. The molecule has 1 aliphatic heterocycles. The number of H-pyrrole nitrogens is 1. The number of aromatic nitrogens is 2. The van der Waals surface area contributed by atoms with Crippen LogP contribution in [0.5, 0.6) is 0 Å². The Kier molecular flexibility index (Phi) is 4.66. The normalized spacial score (nSPS) is 19.8. The van der Waals surface area contributed by atoms with Crippen LogP contribution < -0.4 is 5.32 Å². The number of aryl methyl sites for hydroxylation is 1. The van der Waals surface area contributed by atoms with Crippen molar-refractivity contribution in [3.63, 3.8) is 0 Å². The van der Waals surface area contributed by atoms with Gasteiger partial charge in [0.05, 0.1) is 11.8 Å². The Morgan fingerprint density at radius 2 is 2.30 bits per heavy atom. The molecular formula is C11H16ClN3O4S. The highest BCUT2D eigenvalue weighted by Crippen LogP contribution is 2.21. The number of aromatic amines is 1. The van der Waals surface area contributed by atoms with Crippen molar-refractivity contribution in [1.29, 1.82) is 0 Å². The van der Waals surface area contributed by atoms with E-state index in [0.717, 1.165) is 19.3 Å². The number of nitrogens with one attached hydrogen (secondary N) is 2. The molecule has 2 N–H and O–H groups in total. The molecule has 0 spiro atoms. The molecule has 0 aromatic carbocycles. The molecule has 1 amide bonds. The molecule has 1 atom stereocenters. The maximum Gasteiger partial charge on any atom is 0.273 e. The molecule has 9 heteroatoms. The van der Waals surface area contributed by atoms with Gasteiger partial charge in [-0.05, 0) is 26.2 Å². The second kappa shape index (κ2) is 6.11. The zero-order chi connectivity index (χ0) is 14.8. The first-order valence-corrected chi connectivity index (χ1v) is 8.60. The van der Waals surface area contributed by atoms with E-state index in [4.69, 9.17) is 15.4 Å². The van der Waals surface area contributed by atoms with Gasteiger partial charge >= 0.3 is 0 Å². The predicted molar refractivity (Wildman–Crippen MR) is 72.3 cm³/mol. The van der Waals surface area contributed by atoms with E-state index in [-0.39, 0.29) is 22.4 Å². The summed E-state index contributed by atoms with van der Waals surface area (Å²) in [6.07, 6.45) is 2.92. The first-order chi connectivity index (χ1) is 9.39. The quantitative estimate of drug-likeness (QED) is 0.804. The molecule has 2 heterocycles. The minimum absolute atomic E-state index is 0.0382. The van der Waals surface area contributed by atoms with Crippen molar-refractivity contribution in [3.05, 3.63) is 11.4 Å². The van der Waals surface area contributed by atoms with E-state index in [1.807, 2.05) is 0 Å². The smallest absolute Gasteiger partial charge is 0.273 e. The van der Waals surface area contributed by atoms with Crippen molar-refractivity contribution < 1.29 is 17.9 Å². The molecule has 0 aliphatic carbocycles. The monoisotopic (exact) mass is 321 g/mol. The Labute approximate surface area is 121 Å². The van der Waals surface area contributed by atoms with E-state index in [9.17, 15) is 13.2 Å². The molecule has 20 heavy (non-hydrogen) atoms. The van der Waals surface area contributed by atoms with E-state index in [1.54, 1.807) is 0 Å². The van der Waals surface area contributed by atoms with Gasteiger partial charge in [-0.25, -0.2) is 8.42 Å². The van der Waals surface area contributed by atoms with Crippen molar-refractivity contribution in [2.45, 2.75) is 37.2 Å². The van der Waals surface area contributed by atoms with E-state index >= 15 is 0 Å². The van der Waals surface area contributed by atoms with E-state index < -0.39 is 15.0 Å². The molecule has 0 bridgehead atoms. The van der Waals surface area contributed by atoms with Crippen LogP contribution in [0.15, 0.2) is 4.90 Å². The lowest BCUT2D eigenvalue weighted by Gasteiger charge is -2.22. The van der Waals surface area contributed by atoms with Gasteiger partial charge in [-0.2, -0.15) is 5.10 Å². The summed E-state index contributed by atoms with van der Waals surface area (Å²) in [5, 5.41) is 8.79. The highest BCUT2D eigenvalue weighted by molar-refractivity contribution is 8.13. The standard InChI is InChI=1S/C11H16ClN3O4S/c1-7-10(20(12,17)18)9(15-14-7)11(16)13-6-8-4-2-3-5-19-8/h8H,2-6H2,1H3,(H,13,16)(H,14,15). The van der Waals surface area contributed by atoms with Gasteiger partial charge in [0.1, 0.15) is 4.90 Å². The van der Waals surface area contributed by atoms with Gasteiger partial charge in [-0.15, -0.1) is 0 Å². The molecule has 1 aromatic rings. The van der Waals surface area contributed by atoms with Crippen LogP contribution in [0.4, 0.5) is 0 Å². The SMILES string of the molecule is Cc1[nH]nc(C(=O)NCC2CCCCO2)c1S(=O)(=O)Cl. The largest absolute Gasteiger partial charge is 0.376 e. The molecule has 1 aliphatic rings. The summed E-state index contributed by atoms with van der Waals surface area (Å²) in [6.45, 7) is 2.50. The Morgan fingerprint density at radius 3 is 2.90 bits per heavy atom. The van der Waals surface area contributed by atoms with Crippen molar-refractivity contribution in [3.8, 4) is 0 Å². The summed E-state index contributed by atoms with van der Waals surface area (Å²) in [6, 6.07) is 0. The van der Waals surface area contributed by atoms with Gasteiger partial charge in [-0.3, -0.25) is 9.89 Å². The molecule has 1 saturated heterocycles. The number of amides is 1. The van der Waals surface area contributed by atoms with Gasteiger partial charge in [0, 0.05) is 23.8 Å². The predicted octanol–water partition coefficient (Wildman–Crippen LogP) is 0.945. The summed E-state index contributed by atoms with van der Waals surface area (Å²) in [7, 11) is 1.29. The molecule has 0 radical (unpaired) electrons. The average Bonchev–Trinajstić information content (AvgIpc) is 2.79. The second-order valence-corrected chi connectivity index (χ2v) is 7.17. The Bertz CT molecular complexity index is 593. The maximum atomic E-state index is 12.0. The topological polar surface area (TPSA) is 101 Å². The number of rotatable bonds is 4. The fourth-order valence-electron chi connectivity index (χ4n) is 2.13. The van der Waals surface area contributed by atoms with E-state index in [2.05, 4.69) is 15.5 Å². The molecule has 7 nitrogen and oxygen atoms in total. The number of halogens is 1. The van der Waals surface area contributed by atoms with Gasteiger partial charge in [0.25, 0.3) is 15.0 Å². The zero-order valence-corrected chi connectivity index (χ0v) is 12.6. The molecular weight excluding hydrogens is 306 g/mol. The number of carbonyl (C=O) groups is 1. The number of carbonyl (C=O) groups excluding carboxylic acids is 1. The molecule has 1 fully saturated rings. The number of ether oxygens (including phenoxy) is 1. The van der Waals surface area contributed by atoms with Crippen LogP contribution in [0.1, 0.15) is 35.4 Å². The lowest BCUT2D eigenvalue weighted by atomic mass is 10.1. The van der Waals surface area contributed by atoms with E-state index in [0.29, 0.717) is 13.2 Å². The van der Waals surface area contributed by atoms with Crippen molar-refractivity contribution in [2.24, 2.45) is 0 Å². The molecule has 0 saturated carbocycles. The van der Waals surface area contributed by atoms with Crippen LogP contribution in [0.3, 0.4) is 0 Å². The summed E-state index contributed by atoms with van der Waals surface area (Å²) in [4.78, 5) is 11.7. The van der Waals surface area contributed by atoms with Gasteiger partial charge in [0.15, 0.2) is 5.69 Å². The van der Waals surface area contributed by atoms with Crippen LogP contribution in [0, 0.1) is 6.92 Å². The Balaban J connectivity index is 2.06. The zero-order valence-electron chi connectivity index (χ0n) is 11.0. The summed E-state index contributed by atoms with van der Waals surface area (Å²) < 4.78 is 28.4.